The molecule has 0 aromatic heterocycles. The van der Waals surface area contributed by atoms with E-state index in [0.29, 0.717) is 11.9 Å². The topological polar surface area (TPSA) is 63.2 Å². The highest BCUT2D eigenvalue weighted by molar-refractivity contribution is 5.85. The lowest BCUT2D eigenvalue weighted by Gasteiger charge is -2.34. The molecule has 4 heteroatoms. The van der Waals surface area contributed by atoms with Gasteiger partial charge in [-0.15, -0.1) is 0 Å². The van der Waals surface area contributed by atoms with E-state index in [1.165, 1.54) is 6.42 Å². The first-order valence-corrected chi connectivity index (χ1v) is 4.89. The van der Waals surface area contributed by atoms with Crippen molar-refractivity contribution in [1.82, 2.24) is 4.90 Å². The summed E-state index contributed by atoms with van der Waals surface area (Å²) < 4.78 is 0. The summed E-state index contributed by atoms with van der Waals surface area (Å²) in [5.74, 6) is 0.627. The summed E-state index contributed by atoms with van der Waals surface area (Å²) in [6.45, 7) is 3.03. The smallest absolute Gasteiger partial charge is 0.207 e. The number of hydrogen-bond acceptors (Lipinski definition) is 3. The normalized spacial score (nSPS) is 22.6. The number of piperidine rings is 1. The average Bonchev–Trinajstić information content (AvgIpc) is 2.18. The molecule has 0 aliphatic carbocycles. The maximum Gasteiger partial charge on any atom is 0.207 e. The van der Waals surface area contributed by atoms with Gasteiger partial charge in [0.05, 0.1) is 12.5 Å². The fourth-order valence-corrected chi connectivity index (χ4v) is 1.82. The second kappa shape index (κ2) is 5.24. The Hall–Kier alpha value is -1.55. The third-order valence-electron chi connectivity index (χ3n) is 2.55. The van der Waals surface area contributed by atoms with Gasteiger partial charge in [-0.3, -0.25) is 0 Å². The Morgan fingerprint density at radius 2 is 2.29 bits per heavy atom. The standard InChI is InChI=1S/C10H14N4/c1-9-4-2-3-7-14(9)10(5-6-11)13-8-12/h9H,2-5,7H2,1H3/b13-10+. The van der Waals surface area contributed by atoms with Gasteiger partial charge in [-0.25, -0.2) is 0 Å². The van der Waals surface area contributed by atoms with Gasteiger partial charge in [-0.2, -0.15) is 15.5 Å². The van der Waals surface area contributed by atoms with Gasteiger partial charge in [-0.1, -0.05) is 0 Å². The molecule has 0 bridgehead atoms. The van der Waals surface area contributed by atoms with Crippen molar-refractivity contribution < 1.29 is 0 Å². The van der Waals surface area contributed by atoms with Crippen molar-refractivity contribution in [2.75, 3.05) is 6.54 Å². The second-order valence-electron chi connectivity index (χ2n) is 3.50. The summed E-state index contributed by atoms with van der Waals surface area (Å²) in [4.78, 5) is 5.79. The van der Waals surface area contributed by atoms with E-state index in [-0.39, 0.29) is 6.42 Å². The molecule has 1 heterocycles. The lowest BCUT2D eigenvalue weighted by atomic mass is 10.0. The van der Waals surface area contributed by atoms with E-state index < -0.39 is 0 Å². The maximum atomic E-state index is 8.61. The number of rotatable bonds is 1. The Morgan fingerprint density at radius 1 is 1.50 bits per heavy atom. The zero-order valence-electron chi connectivity index (χ0n) is 8.40. The van der Waals surface area contributed by atoms with Gasteiger partial charge in [0.1, 0.15) is 5.84 Å². The third-order valence-corrected chi connectivity index (χ3v) is 2.55. The summed E-state index contributed by atoms with van der Waals surface area (Å²) >= 11 is 0. The van der Waals surface area contributed by atoms with Crippen LogP contribution in [-0.4, -0.2) is 23.3 Å². The van der Waals surface area contributed by atoms with Gasteiger partial charge in [0.2, 0.25) is 6.19 Å². The van der Waals surface area contributed by atoms with Crippen LogP contribution >= 0.6 is 0 Å². The molecule has 74 valence electrons. The molecule has 1 atom stereocenters. The monoisotopic (exact) mass is 190 g/mol. The minimum atomic E-state index is 0.234. The van der Waals surface area contributed by atoms with Crippen LogP contribution in [0.4, 0.5) is 0 Å². The van der Waals surface area contributed by atoms with Crippen LogP contribution in [0.15, 0.2) is 4.99 Å². The van der Waals surface area contributed by atoms with Crippen LogP contribution < -0.4 is 0 Å². The summed E-state index contributed by atoms with van der Waals surface area (Å²) in [6.07, 6.45) is 5.47. The van der Waals surface area contributed by atoms with E-state index in [1.54, 1.807) is 6.19 Å². The molecule has 0 spiro atoms. The Morgan fingerprint density at radius 3 is 2.86 bits per heavy atom. The predicted octanol–water partition coefficient (Wildman–Crippen LogP) is 1.65. The SMILES string of the molecule is CC1CCCCN1/C(CC#N)=N/C#N. The minimum absolute atomic E-state index is 0.234. The summed E-state index contributed by atoms with van der Waals surface area (Å²) in [5, 5.41) is 17.1. The molecule has 4 nitrogen and oxygen atoms in total. The Balaban J connectivity index is 2.72. The van der Waals surface area contributed by atoms with Gasteiger partial charge in [0.15, 0.2) is 0 Å². The fraction of sp³-hybridized carbons (Fsp3) is 0.700. The number of hydrogen-bond donors (Lipinski definition) is 0. The molecule has 1 aliphatic heterocycles. The lowest BCUT2D eigenvalue weighted by Crippen LogP contribution is -2.41. The van der Waals surface area contributed by atoms with Crippen molar-refractivity contribution in [1.29, 1.82) is 10.5 Å². The van der Waals surface area contributed by atoms with Crippen LogP contribution in [-0.2, 0) is 0 Å². The highest BCUT2D eigenvalue weighted by atomic mass is 15.2. The van der Waals surface area contributed by atoms with E-state index in [0.717, 1.165) is 19.4 Å². The van der Waals surface area contributed by atoms with Crippen LogP contribution in [0.2, 0.25) is 0 Å². The molecular weight excluding hydrogens is 176 g/mol. The summed E-state index contributed by atoms with van der Waals surface area (Å²) in [5.41, 5.74) is 0. The van der Waals surface area contributed by atoms with Crippen molar-refractivity contribution in [3.63, 3.8) is 0 Å². The van der Waals surface area contributed by atoms with Crippen molar-refractivity contribution >= 4 is 5.84 Å². The molecule has 14 heavy (non-hydrogen) atoms. The zero-order valence-corrected chi connectivity index (χ0v) is 8.40. The summed E-state index contributed by atoms with van der Waals surface area (Å²) in [6, 6.07) is 2.45. The fourth-order valence-electron chi connectivity index (χ4n) is 1.82. The molecule has 1 unspecified atom stereocenters. The van der Waals surface area contributed by atoms with Gasteiger partial charge in [-0.05, 0) is 26.2 Å². The first-order valence-electron chi connectivity index (χ1n) is 4.89. The molecule has 1 saturated heterocycles. The maximum absolute atomic E-state index is 8.61. The average molecular weight is 190 g/mol. The largest absolute Gasteiger partial charge is 0.356 e. The first kappa shape index (κ1) is 10.5. The van der Waals surface area contributed by atoms with Crippen LogP contribution in [0.1, 0.15) is 32.6 Å². The number of aliphatic imine (C=N–C) groups is 1. The minimum Gasteiger partial charge on any atom is -0.356 e. The van der Waals surface area contributed by atoms with E-state index >= 15 is 0 Å². The molecule has 1 fully saturated rings. The second-order valence-corrected chi connectivity index (χ2v) is 3.50. The first-order chi connectivity index (χ1) is 6.79. The Bertz CT molecular complexity index is 294. The van der Waals surface area contributed by atoms with E-state index in [2.05, 4.69) is 16.8 Å². The number of nitrogens with zero attached hydrogens (tertiary/aromatic N) is 4. The Kier molecular flexibility index (Phi) is 3.94. The van der Waals surface area contributed by atoms with Crippen LogP contribution in [0.3, 0.4) is 0 Å². The predicted molar refractivity (Wildman–Crippen MR) is 53.3 cm³/mol. The Labute approximate surface area is 84.5 Å². The molecule has 0 aromatic rings. The van der Waals surface area contributed by atoms with Crippen LogP contribution in [0.5, 0.6) is 0 Å². The van der Waals surface area contributed by atoms with Gasteiger partial charge >= 0.3 is 0 Å². The van der Waals surface area contributed by atoms with Crippen molar-refractivity contribution in [2.45, 2.75) is 38.6 Å². The third kappa shape index (κ3) is 2.47. The van der Waals surface area contributed by atoms with Gasteiger partial charge in [0.25, 0.3) is 0 Å². The molecule has 1 rings (SSSR count). The van der Waals surface area contributed by atoms with Gasteiger partial charge < -0.3 is 4.90 Å². The number of likely N-dealkylation sites (tertiary alicyclic amines) is 1. The van der Waals surface area contributed by atoms with E-state index in [4.69, 9.17) is 10.5 Å². The van der Waals surface area contributed by atoms with E-state index in [1.807, 2.05) is 6.07 Å². The van der Waals surface area contributed by atoms with E-state index in [9.17, 15) is 0 Å². The number of nitriles is 2. The quantitative estimate of drug-likeness (QED) is 0.359. The summed E-state index contributed by atoms with van der Waals surface area (Å²) in [7, 11) is 0. The highest BCUT2D eigenvalue weighted by Gasteiger charge is 2.21. The van der Waals surface area contributed by atoms with Crippen molar-refractivity contribution in [3.8, 4) is 12.3 Å². The molecule has 0 radical (unpaired) electrons. The highest BCUT2D eigenvalue weighted by Crippen LogP contribution is 2.17. The molecule has 1 aliphatic rings. The van der Waals surface area contributed by atoms with Crippen molar-refractivity contribution in [2.24, 2.45) is 4.99 Å². The molecule has 0 aromatic carbocycles. The molecule has 0 N–H and O–H groups in total. The van der Waals surface area contributed by atoms with Gasteiger partial charge in [0, 0.05) is 12.6 Å². The zero-order chi connectivity index (χ0) is 10.4. The molecule has 0 amide bonds. The molecule has 0 saturated carbocycles. The van der Waals surface area contributed by atoms with Crippen LogP contribution in [0, 0.1) is 22.8 Å². The van der Waals surface area contributed by atoms with Crippen LogP contribution in [0.25, 0.3) is 0 Å². The molecular formula is C10H14N4. The number of amidine groups is 1. The lowest BCUT2D eigenvalue weighted by molar-refractivity contribution is 0.255. The van der Waals surface area contributed by atoms with Crippen molar-refractivity contribution in [3.05, 3.63) is 0 Å².